The number of hydrogen-bond acceptors (Lipinski definition) is 7. The minimum atomic E-state index is -1.47. The molecule has 1 rings (SSSR count). The highest BCUT2D eigenvalue weighted by molar-refractivity contribution is 4.90. The number of rotatable bonds is 4. The summed E-state index contributed by atoms with van der Waals surface area (Å²) in [7, 11) is 0. The molecule has 0 radical (unpaired) electrons. The SMILES string of the molecule is C[C@H](C#N)[C@@H](C)O[C@@H]1O[C@H](CO)[C@@H](O)[C@H](O)[C@H]1O. The van der Waals surface area contributed by atoms with Crippen LogP contribution in [0.2, 0.25) is 0 Å². The first-order valence-corrected chi connectivity index (χ1v) is 5.78. The molecule has 0 aromatic heterocycles. The van der Waals surface area contributed by atoms with Gasteiger partial charge >= 0.3 is 0 Å². The summed E-state index contributed by atoms with van der Waals surface area (Å²) >= 11 is 0. The molecule has 1 aliphatic heterocycles. The Balaban J connectivity index is 2.68. The minimum Gasteiger partial charge on any atom is -0.394 e. The maximum atomic E-state index is 9.70. The molecular formula is C11H19NO6. The third-order valence-electron chi connectivity index (χ3n) is 3.10. The summed E-state index contributed by atoms with van der Waals surface area (Å²) in [5, 5.41) is 46.5. The Labute approximate surface area is 105 Å². The van der Waals surface area contributed by atoms with Crippen molar-refractivity contribution in [2.24, 2.45) is 5.92 Å². The van der Waals surface area contributed by atoms with Crippen molar-refractivity contribution in [3.63, 3.8) is 0 Å². The lowest BCUT2D eigenvalue weighted by molar-refractivity contribution is -0.311. The van der Waals surface area contributed by atoms with Crippen LogP contribution in [0.3, 0.4) is 0 Å². The van der Waals surface area contributed by atoms with Crippen LogP contribution in [0.5, 0.6) is 0 Å². The molecule has 4 N–H and O–H groups in total. The lowest BCUT2D eigenvalue weighted by Gasteiger charge is -2.40. The van der Waals surface area contributed by atoms with Crippen LogP contribution in [0.1, 0.15) is 13.8 Å². The van der Waals surface area contributed by atoms with E-state index >= 15 is 0 Å². The van der Waals surface area contributed by atoms with E-state index in [-0.39, 0.29) is 0 Å². The number of aliphatic hydroxyl groups excluding tert-OH is 4. The van der Waals surface area contributed by atoms with Gasteiger partial charge in [-0.05, 0) is 13.8 Å². The third-order valence-corrected chi connectivity index (χ3v) is 3.10. The van der Waals surface area contributed by atoms with Crippen LogP contribution in [0, 0.1) is 17.2 Å². The van der Waals surface area contributed by atoms with Crippen LogP contribution >= 0.6 is 0 Å². The third kappa shape index (κ3) is 3.17. The van der Waals surface area contributed by atoms with Crippen LogP contribution < -0.4 is 0 Å². The standard InChI is InChI=1S/C11H19NO6/c1-5(3-12)6(2)17-11-10(16)9(15)8(14)7(4-13)18-11/h5-11,13-16H,4H2,1-2H3/t5-,6-,7-,8-,9+,10-,11-/m1/s1. The van der Waals surface area contributed by atoms with Crippen molar-refractivity contribution in [2.45, 2.75) is 50.7 Å². The largest absolute Gasteiger partial charge is 0.394 e. The summed E-state index contributed by atoms with van der Waals surface area (Å²) < 4.78 is 10.5. The maximum absolute atomic E-state index is 9.70. The number of nitriles is 1. The highest BCUT2D eigenvalue weighted by Crippen LogP contribution is 2.24. The van der Waals surface area contributed by atoms with Crippen molar-refractivity contribution in [2.75, 3.05) is 6.61 Å². The molecule has 7 heteroatoms. The Kier molecular flexibility index (Phi) is 5.47. The summed E-state index contributed by atoms with van der Waals surface area (Å²) in [5.41, 5.74) is 0. The number of hydrogen-bond donors (Lipinski definition) is 4. The minimum absolute atomic E-state index is 0.419. The second-order valence-corrected chi connectivity index (χ2v) is 4.46. The summed E-state index contributed by atoms with van der Waals surface area (Å²) in [5.74, 6) is -0.419. The zero-order valence-electron chi connectivity index (χ0n) is 10.3. The van der Waals surface area contributed by atoms with Crippen molar-refractivity contribution >= 4 is 0 Å². The van der Waals surface area contributed by atoms with Crippen molar-refractivity contribution in [1.29, 1.82) is 5.26 Å². The summed E-state index contributed by atoms with van der Waals surface area (Å²) in [6, 6.07) is 1.99. The molecule has 104 valence electrons. The van der Waals surface area contributed by atoms with E-state index in [1.807, 2.05) is 6.07 Å². The Bertz CT molecular complexity index is 304. The summed E-state index contributed by atoms with van der Waals surface area (Å²) in [4.78, 5) is 0. The monoisotopic (exact) mass is 261 g/mol. The van der Waals surface area contributed by atoms with E-state index in [0.29, 0.717) is 0 Å². The molecule has 0 amide bonds. The van der Waals surface area contributed by atoms with Crippen LogP contribution in [0.25, 0.3) is 0 Å². The second-order valence-electron chi connectivity index (χ2n) is 4.46. The lowest BCUT2D eigenvalue weighted by atomic mass is 9.99. The molecule has 7 atom stereocenters. The van der Waals surface area contributed by atoms with E-state index in [4.69, 9.17) is 19.8 Å². The quantitative estimate of drug-likeness (QED) is 0.478. The van der Waals surface area contributed by atoms with Gasteiger partial charge in [-0.2, -0.15) is 5.26 Å². The fourth-order valence-corrected chi connectivity index (χ4v) is 1.61. The molecule has 1 heterocycles. The molecule has 0 aromatic carbocycles. The fourth-order valence-electron chi connectivity index (χ4n) is 1.61. The van der Waals surface area contributed by atoms with Crippen LogP contribution in [0.15, 0.2) is 0 Å². The van der Waals surface area contributed by atoms with E-state index in [1.165, 1.54) is 0 Å². The topological polar surface area (TPSA) is 123 Å². The van der Waals surface area contributed by atoms with E-state index < -0.39 is 49.3 Å². The number of aliphatic hydroxyl groups is 4. The van der Waals surface area contributed by atoms with E-state index in [9.17, 15) is 15.3 Å². The van der Waals surface area contributed by atoms with Gasteiger partial charge in [0, 0.05) is 0 Å². The van der Waals surface area contributed by atoms with Crippen molar-refractivity contribution < 1.29 is 29.9 Å². The normalized spacial score (nSPS) is 39.9. The molecule has 1 fully saturated rings. The van der Waals surface area contributed by atoms with Crippen LogP contribution in [-0.2, 0) is 9.47 Å². The van der Waals surface area contributed by atoms with Crippen LogP contribution in [0.4, 0.5) is 0 Å². The Hall–Kier alpha value is -0.750. The van der Waals surface area contributed by atoms with Gasteiger partial charge in [0.05, 0.1) is 24.7 Å². The first-order chi connectivity index (χ1) is 8.42. The van der Waals surface area contributed by atoms with E-state index in [1.54, 1.807) is 13.8 Å². The van der Waals surface area contributed by atoms with Gasteiger partial charge < -0.3 is 29.9 Å². The molecule has 18 heavy (non-hydrogen) atoms. The first kappa shape index (κ1) is 15.3. The number of nitrogens with zero attached hydrogens (tertiary/aromatic N) is 1. The Morgan fingerprint density at radius 3 is 2.33 bits per heavy atom. The fraction of sp³-hybridized carbons (Fsp3) is 0.909. The van der Waals surface area contributed by atoms with E-state index in [0.717, 1.165) is 0 Å². The maximum Gasteiger partial charge on any atom is 0.187 e. The molecule has 0 aliphatic carbocycles. The number of ether oxygens (including phenoxy) is 2. The molecule has 1 saturated heterocycles. The van der Waals surface area contributed by atoms with Crippen molar-refractivity contribution in [3.8, 4) is 6.07 Å². The van der Waals surface area contributed by atoms with E-state index in [2.05, 4.69) is 0 Å². The average molecular weight is 261 g/mol. The molecule has 1 aliphatic rings. The second kappa shape index (κ2) is 6.43. The Morgan fingerprint density at radius 2 is 1.83 bits per heavy atom. The first-order valence-electron chi connectivity index (χ1n) is 5.78. The van der Waals surface area contributed by atoms with Crippen molar-refractivity contribution in [1.82, 2.24) is 0 Å². The summed E-state index contributed by atoms with van der Waals surface area (Å²) in [6.07, 6.45) is -7.02. The van der Waals surface area contributed by atoms with Crippen molar-refractivity contribution in [3.05, 3.63) is 0 Å². The molecular weight excluding hydrogens is 242 g/mol. The molecule has 0 bridgehead atoms. The highest BCUT2D eigenvalue weighted by atomic mass is 16.7. The molecule has 0 unspecified atom stereocenters. The highest BCUT2D eigenvalue weighted by Gasteiger charge is 2.44. The molecule has 0 spiro atoms. The molecule has 0 saturated carbocycles. The van der Waals surface area contributed by atoms with Gasteiger partial charge in [0.2, 0.25) is 0 Å². The average Bonchev–Trinajstić information content (AvgIpc) is 2.38. The summed E-state index contributed by atoms with van der Waals surface area (Å²) in [6.45, 7) is 2.77. The zero-order chi connectivity index (χ0) is 13.9. The van der Waals surface area contributed by atoms with Gasteiger partial charge in [0.15, 0.2) is 6.29 Å². The Morgan fingerprint density at radius 1 is 1.22 bits per heavy atom. The van der Waals surface area contributed by atoms with Gasteiger partial charge in [0.1, 0.15) is 24.4 Å². The van der Waals surface area contributed by atoms with Gasteiger partial charge in [-0.1, -0.05) is 0 Å². The predicted molar refractivity (Wildman–Crippen MR) is 59.1 cm³/mol. The zero-order valence-corrected chi connectivity index (χ0v) is 10.3. The lowest BCUT2D eigenvalue weighted by Crippen LogP contribution is -2.59. The van der Waals surface area contributed by atoms with Gasteiger partial charge in [-0.25, -0.2) is 0 Å². The predicted octanol–water partition coefficient (Wildman–Crippen LogP) is -1.65. The smallest absolute Gasteiger partial charge is 0.187 e. The van der Waals surface area contributed by atoms with Crippen LogP contribution in [-0.4, -0.2) is 63.8 Å². The molecule has 0 aromatic rings. The molecule has 7 nitrogen and oxygen atoms in total. The van der Waals surface area contributed by atoms with Gasteiger partial charge in [-0.15, -0.1) is 0 Å². The van der Waals surface area contributed by atoms with Gasteiger partial charge in [0.25, 0.3) is 0 Å². The van der Waals surface area contributed by atoms with Gasteiger partial charge in [-0.3, -0.25) is 0 Å².